The summed E-state index contributed by atoms with van der Waals surface area (Å²) in [5.41, 5.74) is 5.36. The number of allylic oxidation sites excluding steroid dienone is 1. The van der Waals surface area contributed by atoms with Gasteiger partial charge in [-0.25, -0.2) is 14.4 Å². The van der Waals surface area contributed by atoms with Crippen molar-refractivity contribution in [1.29, 1.82) is 0 Å². The lowest BCUT2D eigenvalue weighted by molar-refractivity contribution is -0.0887. The average Bonchev–Trinajstić information content (AvgIpc) is 3.58. The molecule has 0 spiro atoms. The summed E-state index contributed by atoms with van der Waals surface area (Å²) in [4.78, 5) is 44.8. The molecule has 3 aliphatic heterocycles. The second kappa shape index (κ2) is 12.5. The summed E-state index contributed by atoms with van der Waals surface area (Å²) in [6.45, 7) is 1.39. The third-order valence-electron chi connectivity index (χ3n) is 7.45. The van der Waals surface area contributed by atoms with Crippen LogP contribution in [0.15, 0.2) is 107 Å². The van der Waals surface area contributed by atoms with E-state index in [1.807, 2.05) is 0 Å². The molecule has 3 aromatic rings. The van der Waals surface area contributed by atoms with Gasteiger partial charge in [0.15, 0.2) is 18.0 Å². The van der Waals surface area contributed by atoms with Crippen LogP contribution < -0.4 is 16.4 Å². The predicted molar refractivity (Wildman–Crippen MR) is 162 cm³/mol. The Bertz CT molecular complexity index is 1590. The molecule has 2 unspecified atom stereocenters. The zero-order chi connectivity index (χ0) is 30.7. The van der Waals surface area contributed by atoms with Crippen LogP contribution in [0.3, 0.4) is 0 Å². The Balaban J connectivity index is 1.33. The first-order chi connectivity index (χ1) is 21.3. The third kappa shape index (κ3) is 6.05. The van der Waals surface area contributed by atoms with Crippen LogP contribution in [0.4, 0.5) is 0 Å². The molecule has 1 fully saturated rings. The van der Waals surface area contributed by atoms with E-state index in [0.717, 1.165) is 4.91 Å². The minimum absolute atomic E-state index is 0.273. The number of nitrogens with one attached hydrogen (secondary N) is 2. The first-order valence-corrected chi connectivity index (χ1v) is 14.8. The lowest BCUT2D eigenvalue weighted by atomic mass is 9.91. The second-order valence-electron chi connectivity index (χ2n) is 10.5. The minimum atomic E-state index is -1.54. The van der Waals surface area contributed by atoms with Gasteiger partial charge in [0, 0.05) is 6.21 Å². The lowest BCUT2D eigenvalue weighted by Gasteiger charge is -2.36. The lowest BCUT2D eigenvalue weighted by Crippen LogP contribution is -2.56. The number of nitrogens with two attached hydrogens (primary N) is 1. The van der Waals surface area contributed by atoms with Gasteiger partial charge in [0.05, 0.1) is 21.6 Å². The zero-order valence-corrected chi connectivity index (χ0v) is 24.4. The SMILES string of the molecule is C[C@@]1(OC(=O)c2ccccc2)[C@H](OC(=O)c2ccccc2)[C@@H](COC(=O)c2ccccc2)O[C@H]1C1NC2=C(C=NC(N)N2)S1. The van der Waals surface area contributed by atoms with Crippen molar-refractivity contribution in [2.24, 2.45) is 10.7 Å². The highest BCUT2D eigenvalue weighted by molar-refractivity contribution is 8.04. The molecule has 1 saturated heterocycles. The molecule has 44 heavy (non-hydrogen) atoms. The maximum absolute atomic E-state index is 13.5. The molecule has 0 bridgehead atoms. The number of nitrogens with zero attached hydrogens (tertiary/aromatic N) is 1. The predicted octanol–water partition coefficient (Wildman–Crippen LogP) is 3.20. The maximum Gasteiger partial charge on any atom is 0.338 e. The summed E-state index contributed by atoms with van der Waals surface area (Å²) in [5.74, 6) is -1.20. The number of ether oxygens (including phenoxy) is 4. The Hall–Kier alpha value is -4.65. The molecule has 6 atom stereocenters. The number of rotatable bonds is 8. The van der Waals surface area contributed by atoms with Crippen molar-refractivity contribution in [3.8, 4) is 0 Å². The Labute approximate surface area is 257 Å². The smallest absolute Gasteiger partial charge is 0.338 e. The van der Waals surface area contributed by atoms with Crippen molar-refractivity contribution in [3.05, 3.63) is 118 Å². The first-order valence-electron chi connectivity index (χ1n) is 14.0. The normalized spacial score (nSPS) is 27.1. The monoisotopic (exact) mass is 614 g/mol. The molecule has 0 aliphatic carbocycles. The van der Waals surface area contributed by atoms with Crippen molar-refractivity contribution < 1.29 is 33.3 Å². The van der Waals surface area contributed by atoms with Crippen LogP contribution in [0.1, 0.15) is 38.0 Å². The third-order valence-corrected chi connectivity index (χ3v) is 8.63. The molecule has 12 heteroatoms. The maximum atomic E-state index is 13.5. The van der Waals surface area contributed by atoms with Crippen LogP contribution in [0, 0.1) is 0 Å². The number of carbonyl (C=O) groups is 3. The van der Waals surface area contributed by atoms with E-state index in [-0.39, 0.29) is 6.61 Å². The number of benzene rings is 3. The minimum Gasteiger partial charge on any atom is -0.459 e. The molecule has 0 saturated carbocycles. The van der Waals surface area contributed by atoms with Crippen molar-refractivity contribution in [3.63, 3.8) is 0 Å². The summed E-state index contributed by atoms with van der Waals surface area (Å²) < 4.78 is 24.5. The number of thioether (sulfide) groups is 1. The van der Waals surface area contributed by atoms with Gasteiger partial charge in [-0.3, -0.25) is 10.7 Å². The van der Waals surface area contributed by atoms with E-state index < -0.39 is 53.5 Å². The van der Waals surface area contributed by atoms with Crippen LogP contribution in [0.5, 0.6) is 0 Å². The van der Waals surface area contributed by atoms with Gasteiger partial charge in [-0.2, -0.15) is 0 Å². The van der Waals surface area contributed by atoms with Crippen LogP contribution in [0.25, 0.3) is 0 Å². The molecule has 3 aliphatic rings. The fraction of sp³-hybridized carbons (Fsp3) is 0.250. The Morgan fingerprint density at radius 1 is 0.864 bits per heavy atom. The van der Waals surface area contributed by atoms with Gasteiger partial charge in [-0.05, 0) is 43.3 Å². The van der Waals surface area contributed by atoms with E-state index in [1.54, 1.807) is 104 Å². The largest absolute Gasteiger partial charge is 0.459 e. The number of hydrogen-bond acceptors (Lipinski definition) is 12. The Kier molecular flexibility index (Phi) is 8.38. The van der Waals surface area contributed by atoms with E-state index in [2.05, 4.69) is 15.6 Å². The number of hydrogen-bond donors (Lipinski definition) is 3. The van der Waals surface area contributed by atoms with E-state index in [9.17, 15) is 14.4 Å². The van der Waals surface area contributed by atoms with Crippen LogP contribution in [-0.4, -0.2) is 66.3 Å². The van der Waals surface area contributed by atoms with E-state index in [4.69, 9.17) is 24.7 Å². The molecular weight excluding hydrogens is 584 g/mol. The Morgan fingerprint density at radius 2 is 1.43 bits per heavy atom. The van der Waals surface area contributed by atoms with Crippen LogP contribution in [0.2, 0.25) is 0 Å². The van der Waals surface area contributed by atoms with Crippen LogP contribution in [-0.2, 0) is 18.9 Å². The zero-order valence-electron chi connectivity index (χ0n) is 23.6. The second-order valence-corrected chi connectivity index (χ2v) is 11.7. The van der Waals surface area contributed by atoms with Gasteiger partial charge in [0.2, 0.25) is 0 Å². The standard InChI is InChI=1S/C32H30N4O7S/c1-32(43-30(39)21-15-9-4-10-16-21)24(42-29(38)20-13-7-3-8-14-20)22(18-40-28(37)19-11-5-2-6-12-19)41-25(32)27-35-26-23(44-27)17-34-31(33)36-26/h2-17,22,24-25,27,31,35-36H,18,33H2,1H3/t22-,24-,25+,27?,31?,32-/m1/s1. The van der Waals surface area contributed by atoms with Crippen molar-refractivity contribution in [1.82, 2.24) is 10.6 Å². The van der Waals surface area contributed by atoms with E-state index in [1.165, 1.54) is 11.8 Å². The molecule has 11 nitrogen and oxygen atoms in total. The molecule has 6 rings (SSSR count). The van der Waals surface area contributed by atoms with Crippen molar-refractivity contribution in [2.45, 2.75) is 42.5 Å². The first kappa shape index (κ1) is 29.4. The van der Waals surface area contributed by atoms with Crippen LogP contribution >= 0.6 is 11.8 Å². The van der Waals surface area contributed by atoms with Crippen molar-refractivity contribution in [2.75, 3.05) is 6.61 Å². The van der Waals surface area contributed by atoms with Gasteiger partial charge in [-0.1, -0.05) is 66.4 Å². The summed E-state index contributed by atoms with van der Waals surface area (Å²) in [6, 6.07) is 25.5. The fourth-order valence-corrected chi connectivity index (χ4v) is 6.52. The molecule has 0 amide bonds. The molecule has 0 aromatic heterocycles. The summed E-state index contributed by atoms with van der Waals surface area (Å²) in [5, 5.41) is 5.89. The van der Waals surface area contributed by atoms with Crippen molar-refractivity contribution >= 4 is 35.9 Å². The van der Waals surface area contributed by atoms with Gasteiger partial charge < -0.3 is 29.6 Å². The molecule has 226 valence electrons. The molecule has 4 N–H and O–H groups in total. The molecule has 3 heterocycles. The number of aliphatic imine (C=N–C) groups is 1. The van der Waals surface area contributed by atoms with Gasteiger partial charge in [0.1, 0.15) is 30.0 Å². The molecule has 0 radical (unpaired) electrons. The summed E-state index contributed by atoms with van der Waals surface area (Å²) in [6.07, 6.45) is -2.01. The highest BCUT2D eigenvalue weighted by atomic mass is 32.2. The molecular formula is C32H30N4O7S. The Morgan fingerprint density at radius 3 is 2.05 bits per heavy atom. The quantitative estimate of drug-likeness (QED) is 0.254. The van der Waals surface area contributed by atoms with E-state index in [0.29, 0.717) is 22.5 Å². The van der Waals surface area contributed by atoms with E-state index >= 15 is 0 Å². The highest BCUT2D eigenvalue weighted by Crippen LogP contribution is 2.45. The topological polar surface area (TPSA) is 151 Å². The number of esters is 3. The number of carbonyl (C=O) groups excluding carboxylic acids is 3. The molecule has 3 aromatic carbocycles. The summed E-state index contributed by atoms with van der Waals surface area (Å²) >= 11 is 1.40. The highest BCUT2D eigenvalue weighted by Gasteiger charge is 2.62. The fourth-order valence-electron chi connectivity index (χ4n) is 5.26. The van der Waals surface area contributed by atoms with Gasteiger partial charge >= 0.3 is 17.9 Å². The van der Waals surface area contributed by atoms with Gasteiger partial charge in [0.25, 0.3) is 0 Å². The van der Waals surface area contributed by atoms with Gasteiger partial charge in [-0.15, -0.1) is 0 Å². The average molecular weight is 615 g/mol. The summed E-state index contributed by atoms with van der Waals surface area (Å²) in [7, 11) is 0.